The molecule has 2 fully saturated rings. The molecule has 0 bridgehead atoms. The number of hydrogen-bond acceptors (Lipinski definition) is 3. The first-order chi connectivity index (χ1) is 14.2. The van der Waals surface area contributed by atoms with Crippen molar-refractivity contribution in [1.29, 1.82) is 0 Å². The SMILES string of the molecule is CCOC(=O)C=C1CC2(CCC(c3ccc(OCc4ccccc4)cc3)CC2)C1. The Morgan fingerprint density at radius 2 is 1.72 bits per heavy atom. The molecule has 0 saturated heterocycles. The van der Waals surface area contributed by atoms with Gasteiger partial charge >= 0.3 is 5.97 Å². The summed E-state index contributed by atoms with van der Waals surface area (Å²) in [7, 11) is 0. The van der Waals surface area contributed by atoms with E-state index in [0.29, 0.717) is 24.5 Å². The molecular weight excluding hydrogens is 360 g/mol. The van der Waals surface area contributed by atoms with Gasteiger partial charge < -0.3 is 9.47 Å². The Kier molecular flexibility index (Phi) is 6.03. The van der Waals surface area contributed by atoms with E-state index in [1.165, 1.54) is 42.4 Å². The molecule has 3 heteroatoms. The van der Waals surface area contributed by atoms with Gasteiger partial charge in [0.05, 0.1) is 6.61 Å². The molecule has 0 unspecified atom stereocenters. The molecule has 3 nitrogen and oxygen atoms in total. The molecule has 29 heavy (non-hydrogen) atoms. The largest absolute Gasteiger partial charge is 0.489 e. The lowest BCUT2D eigenvalue weighted by molar-refractivity contribution is -0.137. The highest BCUT2D eigenvalue weighted by atomic mass is 16.5. The second kappa shape index (κ2) is 8.86. The molecule has 0 radical (unpaired) electrons. The Labute approximate surface area is 173 Å². The van der Waals surface area contributed by atoms with Gasteiger partial charge in [-0.1, -0.05) is 48.0 Å². The minimum absolute atomic E-state index is 0.180. The van der Waals surface area contributed by atoms with Crippen LogP contribution < -0.4 is 4.74 Å². The number of allylic oxidation sites excluding steroid dienone is 1. The number of carbonyl (C=O) groups excluding carboxylic acids is 1. The van der Waals surface area contributed by atoms with Crippen LogP contribution in [0.4, 0.5) is 0 Å². The first-order valence-electron chi connectivity index (χ1n) is 10.8. The van der Waals surface area contributed by atoms with Crippen LogP contribution in [0.2, 0.25) is 0 Å². The molecule has 0 amide bonds. The molecular formula is C26H30O3. The van der Waals surface area contributed by atoms with Crippen LogP contribution in [0.15, 0.2) is 66.2 Å². The molecule has 0 atom stereocenters. The van der Waals surface area contributed by atoms with Crippen molar-refractivity contribution < 1.29 is 14.3 Å². The van der Waals surface area contributed by atoms with Crippen molar-refractivity contribution in [2.75, 3.05) is 6.61 Å². The van der Waals surface area contributed by atoms with E-state index < -0.39 is 0 Å². The predicted molar refractivity (Wildman–Crippen MR) is 115 cm³/mol. The maximum absolute atomic E-state index is 11.6. The highest BCUT2D eigenvalue weighted by Gasteiger charge is 2.43. The van der Waals surface area contributed by atoms with Crippen LogP contribution in [0, 0.1) is 5.41 Å². The standard InChI is InChI=1S/C26H30O3/c1-2-28-25(27)16-21-17-26(18-21)14-12-23(13-15-26)22-8-10-24(11-9-22)29-19-20-6-4-3-5-7-20/h3-11,16,23H,2,12-15,17-19H2,1H3. The van der Waals surface area contributed by atoms with Gasteiger partial charge in [-0.05, 0) is 80.0 Å². The number of benzene rings is 2. The molecule has 0 N–H and O–H groups in total. The van der Waals surface area contributed by atoms with Crippen molar-refractivity contribution in [3.8, 4) is 5.75 Å². The van der Waals surface area contributed by atoms with E-state index in [4.69, 9.17) is 9.47 Å². The molecule has 4 rings (SSSR count). The Balaban J connectivity index is 1.26. The Bertz CT molecular complexity index is 833. The fourth-order valence-corrected chi connectivity index (χ4v) is 4.86. The second-order valence-corrected chi connectivity index (χ2v) is 8.53. The summed E-state index contributed by atoms with van der Waals surface area (Å²) in [6.07, 6.45) is 8.84. The zero-order valence-corrected chi connectivity index (χ0v) is 17.2. The van der Waals surface area contributed by atoms with Crippen molar-refractivity contribution in [3.63, 3.8) is 0 Å². The third-order valence-electron chi connectivity index (χ3n) is 6.46. The summed E-state index contributed by atoms with van der Waals surface area (Å²) >= 11 is 0. The summed E-state index contributed by atoms with van der Waals surface area (Å²) in [5, 5.41) is 0. The first-order valence-corrected chi connectivity index (χ1v) is 10.8. The average molecular weight is 391 g/mol. The highest BCUT2D eigenvalue weighted by Crippen LogP contribution is 2.56. The lowest BCUT2D eigenvalue weighted by Gasteiger charge is -2.48. The quantitative estimate of drug-likeness (QED) is 0.435. The fourth-order valence-electron chi connectivity index (χ4n) is 4.86. The van der Waals surface area contributed by atoms with Crippen molar-refractivity contribution in [2.24, 2.45) is 5.41 Å². The predicted octanol–water partition coefficient (Wildman–Crippen LogP) is 6.19. The monoisotopic (exact) mass is 390 g/mol. The van der Waals surface area contributed by atoms with Gasteiger partial charge in [-0.25, -0.2) is 4.79 Å². The van der Waals surface area contributed by atoms with Gasteiger partial charge in [0, 0.05) is 6.08 Å². The van der Waals surface area contributed by atoms with E-state index in [0.717, 1.165) is 18.6 Å². The topological polar surface area (TPSA) is 35.5 Å². The van der Waals surface area contributed by atoms with Crippen molar-refractivity contribution in [2.45, 2.75) is 58.0 Å². The molecule has 0 aliphatic heterocycles. The molecule has 2 aliphatic carbocycles. The van der Waals surface area contributed by atoms with Crippen LogP contribution in [0.25, 0.3) is 0 Å². The first kappa shape index (κ1) is 19.8. The molecule has 2 saturated carbocycles. The van der Waals surface area contributed by atoms with E-state index in [-0.39, 0.29) is 5.97 Å². The fraction of sp³-hybridized carbons (Fsp3) is 0.423. The van der Waals surface area contributed by atoms with E-state index in [1.807, 2.05) is 25.1 Å². The summed E-state index contributed by atoms with van der Waals surface area (Å²) in [5.41, 5.74) is 4.31. The average Bonchev–Trinajstić information content (AvgIpc) is 2.73. The zero-order chi connectivity index (χ0) is 20.1. The third-order valence-corrected chi connectivity index (χ3v) is 6.46. The van der Waals surface area contributed by atoms with Gasteiger partial charge in [-0.15, -0.1) is 0 Å². The van der Waals surface area contributed by atoms with E-state index in [2.05, 4.69) is 36.4 Å². The van der Waals surface area contributed by atoms with Gasteiger partial charge in [0.25, 0.3) is 0 Å². The van der Waals surface area contributed by atoms with Gasteiger partial charge in [0.15, 0.2) is 0 Å². The third kappa shape index (κ3) is 4.90. The molecule has 2 aliphatic rings. The van der Waals surface area contributed by atoms with E-state index >= 15 is 0 Å². The summed E-state index contributed by atoms with van der Waals surface area (Å²) in [4.78, 5) is 11.6. The van der Waals surface area contributed by atoms with Gasteiger partial charge in [-0.2, -0.15) is 0 Å². The zero-order valence-electron chi connectivity index (χ0n) is 17.2. The normalized spacial score (nSPS) is 23.3. The van der Waals surface area contributed by atoms with Crippen LogP contribution >= 0.6 is 0 Å². The number of hydrogen-bond donors (Lipinski definition) is 0. The highest BCUT2D eigenvalue weighted by molar-refractivity contribution is 5.83. The summed E-state index contributed by atoms with van der Waals surface area (Å²) in [6, 6.07) is 18.9. The maximum Gasteiger partial charge on any atom is 0.330 e. The van der Waals surface area contributed by atoms with Crippen molar-refractivity contribution in [1.82, 2.24) is 0 Å². The van der Waals surface area contributed by atoms with Gasteiger partial charge in [0.2, 0.25) is 0 Å². The number of rotatable bonds is 6. The van der Waals surface area contributed by atoms with Crippen molar-refractivity contribution in [3.05, 3.63) is 77.4 Å². The van der Waals surface area contributed by atoms with E-state index in [9.17, 15) is 4.79 Å². The van der Waals surface area contributed by atoms with Crippen LogP contribution in [0.1, 0.15) is 62.5 Å². The molecule has 2 aromatic carbocycles. The molecule has 1 spiro atoms. The second-order valence-electron chi connectivity index (χ2n) is 8.53. The summed E-state index contributed by atoms with van der Waals surface area (Å²) in [5.74, 6) is 1.39. The summed E-state index contributed by atoms with van der Waals surface area (Å²) < 4.78 is 10.9. The molecule has 0 aromatic heterocycles. The summed E-state index contributed by atoms with van der Waals surface area (Å²) in [6.45, 7) is 2.90. The van der Waals surface area contributed by atoms with E-state index in [1.54, 1.807) is 6.08 Å². The van der Waals surface area contributed by atoms with Crippen molar-refractivity contribution >= 4 is 5.97 Å². The maximum atomic E-state index is 11.6. The molecule has 152 valence electrons. The Morgan fingerprint density at radius 1 is 1.03 bits per heavy atom. The van der Waals surface area contributed by atoms with Gasteiger partial charge in [0.1, 0.15) is 12.4 Å². The Morgan fingerprint density at radius 3 is 2.38 bits per heavy atom. The number of ether oxygens (including phenoxy) is 2. The van der Waals surface area contributed by atoms with Crippen LogP contribution in [-0.4, -0.2) is 12.6 Å². The minimum atomic E-state index is -0.180. The lowest BCUT2D eigenvalue weighted by Crippen LogP contribution is -2.35. The van der Waals surface area contributed by atoms with Gasteiger partial charge in [-0.3, -0.25) is 0 Å². The van der Waals surface area contributed by atoms with Crippen LogP contribution in [0.3, 0.4) is 0 Å². The smallest absolute Gasteiger partial charge is 0.330 e. The van der Waals surface area contributed by atoms with Crippen LogP contribution in [0.5, 0.6) is 5.75 Å². The minimum Gasteiger partial charge on any atom is -0.489 e. The lowest BCUT2D eigenvalue weighted by atomic mass is 9.56. The molecule has 2 aromatic rings. The Hall–Kier alpha value is -2.55. The van der Waals surface area contributed by atoms with Crippen LogP contribution in [-0.2, 0) is 16.1 Å². The number of carbonyl (C=O) groups is 1. The molecule has 0 heterocycles. The number of esters is 1.